The zero-order valence-corrected chi connectivity index (χ0v) is 24.8. The standard InChI is InChI=1S/C33H64O3/c1-4-5-6-7-8-9-10-11-12-16-19-22-25-28-32(34)31(29-33(35)36)27-24-21-18-15-13-14-17-20-23-26-30(2)3/h30-31H,4-29H2,1-3H3,(H,35,36)/t31-/m1/s1. The Labute approximate surface area is 226 Å². The molecule has 0 saturated heterocycles. The molecule has 0 aliphatic rings. The molecule has 0 rings (SSSR count). The smallest absolute Gasteiger partial charge is 0.304 e. The molecule has 0 aromatic heterocycles. The SMILES string of the molecule is CCCCCCCCCCCCCCCC(=O)[C@H](CCCCCCCCCCCC(C)C)CC(=O)O. The lowest BCUT2D eigenvalue weighted by atomic mass is 9.90. The summed E-state index contributed by atoms with van der Waals surface area (Å²) in [5.74, 6) is -0.0601. The Kier molecular flexibility index (Phi) is 26.5. The van der Waals surface area contributed by atoms with Crippen molar-refractivity contribution in [1.82, 2.24) is 0 Å². The van der Waals surface area contributed by atoms with Crippen molar-refractivity contribution in [2.75, 3.05) is 0 Å². The van der Waals surface area contributed by atoms with Crippen LogP contribution in [-0.4, -0.2) is 16.9 Å². The van der Waals surface area contributed by atoms with E-state index in [1.54, 1.807) is 0 Å². The maximum absolute atomic E-state index is 12.7. The largest absolute Gasteiger partial charge is 0.481 e. The van der Waals surface area contributed by atoms with E-state index in [-0.39, 0.29) is 18.1 Å². The van der Waals surface area contributed by atoms with E-state index in [9.17, 15) is 14.7 Å². The number of carboxylic acid groups (broad SMARTS) is 1. The van der Waals surface area contributed by atoms with Crippen LogP contribution in [0.5, 0.6) is 0 Å². The molecule has 0 aromatic rings. The third-order valence-electron chi connectivity index (χ3n) is 7.74. The van der Waals surface area contributed by atoms with E-state index in [4.69, 9.17) is 0 Å². The number of carbonyl (C=O) groups is 2. The van der Waals surface area contributed by atoms with Crippen LogP contribution in [0.1, 0.15) is 188 Å². The first-order chi connectivity index (χ1) is 17.5. The van der Waals surface area contributed by atoms with Crippen LogP contribution in [0.25, 0.3) is 0 Å². The van der Waals surface area contributed by atoms with Crippen molar-refractivity contribution >= 4 is 11.8 Å². The molecule has 214 valence electrons. The first-order valence-corrected chi connectivity index (χ1v) is 16.2. The van der Waals surface area contributed by atoms with Crippen LogP contribution >= 0.6 is 0 Å². The second kappa shape index (κ2) is 27.2. The van der Waals surface area contributed by atoms with E-state index in [1.165, 1.54) is 122 Å². The molecule has 3 heteroatoms. The lowest BCUT2D eigenvalue weighted by molar-refractivity contribution is -0.140. The monoisotopic (exact) mass is 508 g/mol. The summed E-state index contributed by atoms with van der Waals surface area (Å²) in [5, 5.41) is 9.26. The quantitative estimate of drug-likeness (QED) is 0.102. The molecular weight excluding hydrogens is 444 g/mol. The highest BCUT2D eigenvalue weighted by Gasteiger charge is 2.20. The van der Waals surface area contributed by atoms with Gasteiger partial charge in [-0.3, -0.25) is 9.59 Å². The molecule has 0 heterocycles. The first kappa shape index (κ1) is 35.1. The van der Waals surface area contributed by atoms with Crippen LogP contribution in [0.15, 0.2) is 0 Å². The van der Waals surface area contributed by atoms with Crippen LogP contribution in [0, 0.1) is 11.8 Å². The number of hydrogen-bond acceptors (Lipinski definition) is 2. The number of ketones is 1. The highest BCUT2D eigenvalue weighted by molar-refractivity contribution is 5.84. The number of Topliss-reactive ketones (excluding diaryl/α,β-unsaturated/α-hetero) is 1. The van der Waals surface area contributed by atoms with Crippen LogP contribution in [0.4, 0.5) is 0 Å². The molecule has 0 saturated carbocycles. The van der Waals surface area contributed by atoms with E-state index in [1.807, 2.05) is 0 Å². The van der Waals surface area contributed by atoms with Crippen molar-refractivity contribution in [3.05, 3.63) is 0 Å². The van der Waals surface area contributed by atoms with Gasteiger partial charge in [0.15, 0.2) is 0 Å². The van der Waals surface area contributed by atoms with E-state index < -0.39 is 5.97 Å². The van der Waals surface area contributed by atoms with Gasteiger partial charge < -0.3 is 5.11 Å². The summed E-state index contributed by atoms with van der Waals surface area (Å²) in [5.41, 5.74) is 0. The Bertz CT molecular complexity index is 485. The fourth-order valence-corrected chi connectivity index (χ4v) is 5.29. The second-order valence-electron chi connectivity index (χ2n) is 11.9. The Morgan fingerprint density at radius 1 is 0.528 bits per heavy atom. The van der Waals surface area contributed by atoms with Gasteiger partial charge in [-0.05, 0) is 18.8 Å². The van der Waals surface area contributed by atoms with E-state index in [0.717, 1.165) is 38.0 Å². The number of carboxylic acids is 1. The van der Waals surface area contributed by atoms with Gasteiger partial charge in [-0.15, -0.1) is 0 Å². The van der Waals surface area contributed by atoms with Crippen molar-refractivity contribution in [3.63, 3.8) is 0 Å². The molecule has 0 aromatic carbocycles. The van der Waals surface area contributed by atoms with Crippen molar-refractivity contribution in [2.45, 2.75) is 188 Å². The van der Waals surface area contributed by atoms with E-state index in [2.05, 4.69) is 20.8 Å². The molecule has 36 heavy (non-hydrogen) atoms. The van der Waals surface area contributed by atoms with Gasteiger partial charge >= 0.3 is 5.97 Å². The van der Waals surface area contributed by atoms with Gasteiger partial charge in [0.2, 0.25) is 0 Å². The Morgan fingerprint density at radius 2 is 0.889 bits per heavy atom. The summed E-state index contributed by atoms with van der Waals surface area (Å²) < 4.78 is 0. The van der Waals surface area contributed by atoms with Crippen molar-refractivity contribution < 1.29 is 14.7 Å². The highest BCUT2D eigenvalue weighted by Crippen LogP contribution is 2.20. The maximum atomic E-state index is 12.7. The second-order valence-corrected chi connectivity index (χ2v) is 11.9. The van der Waals surface area contributed by atoms with E-state index >= 15 is 0 Å². The number of carbonyl (C=O) groups excluding carboxylic acids is 1. The van der Waals surface area contributed by atoms with Crippen molar-refractivity contribution in [2.24, 2.45) is 11.8 Å². The maximum Gasteiger partial charge on any atom is 0.304 e. The zero-order chi connectivity index (χ0) is 26.7. The molecule has 0 radical (unpaired) electrons. The molecule has 0 aliphatic carbocycles. The molecule has 3 nitrogen and oxygen atoms in total. The Morgan fingerprint density at radius 3 is 1.28 bits per heavy atom. The van der Waals surface area contributed by atoms with Crippen molar-refractivity contribution in [3.8, 4) is 0 Å². The third-order valence-corrected chi connectivity index (χ3v) is 7.74. The van der Waals surface area contributed by atoms with Gasteiger partial charge in [0, 0.05) is 12.3 Å². The normalized spacial score (nSPS) is 12.3. The average molecular weight is 509 g/mol. The molecule has 0 aliphatic heterocycles. The highest BCUT2D eigenvalue weighted by atomic mass is 16.4. The molecular formula is C33H64O3. The number of rotatable bonds is 29. The fourth-order valence-electron chi connectivity index (χ4n) is 5.29. The predicted molar refractivity (Wildman–Crippen MR) is 157 cm³/mol. The molecule has 1 atom stereocenters. The summed E-state index contributed by atoms with van der Waals surface area (Å²) in [6, 6.07) is 0. The molecule has 1 N–H and O–H groups in total. The van der Waals surface area contributed by atoms with Gasteiger partial charge in [-0.1, -0.05) is 162 Å². The van der Waals surface area contributed by atoms with Crippen molar-refractivity contribution in [1.29, 1.82) is 0 Å². The summed E-state index contributed by atoms with van der Waals surface area (Å²) in [6.45, 7) is 6.87. The van der Waals surface area contributed by atoms with Gasteiger partial charge in [-0.2, -0.15) is 0 Å². The van der Waals surface area contributed by atoms with Gasteiger partial charge in [0.25, 0.3) is 0 Å². The first-order valence-electron chi connectivity index (χ1n) is 16.2. The minimum atomic E-state index is -0.823. The topological polar surface area (TPSA) is 54.4 Å². The third kappa shape index (κ3) is 26.2. The van der Waals surface area contributed by atoms with Crippen LogP contribution in [-0.2, 0) is 9.59 Å². The number of hydrogen-bond donors (Lipinski definition) is 1. The molecule has 0 bridgehead atoms. The molecule has 0 fully saturated rings. The molecule has 0 spiro atoms. The zero-order valence-electron chi connectivity index (χ0n) is 24.8. The average Bonchev–Trinajstić information content (AvgIpc) is 2.84. The Balaban J connectivity index is 3.69. The van der Waals surface area contributed by atoms with Gasteiger partial charge in [0.05, 0.1) is 6.42 Å². The summed E-state index contributed by atoms with van der Waals surface area (Å²) in [4.78, 5) is 23.9. The minimum Gasteiger partial charge on any atom is -0.481 e. The summed E-state index contributed by atoms with van der Waals surface area (Å²) in [7, 11) is 0. The fraction of sp³-hybridized carbons (Fsp3) is 0.939. The van der Waals surface area contributed by atoms with Gasteiger partial charge in [0.1, 0.15) is 5.78 Å². The van der Waals surface area contributed by atoms with Crippen LogP contribution in [0.2, 0.25) is 0 Å². The van der Waals surface area contributed by atoms with E-state index in [0.29, 0.717) is 6.42 Å². The number of aliphatic carboxylic acids is 1. The molecule has 0 unspecified atom stereocenters. The molecule has 0 amide bonds. The van der Waals surface area contributed by atoms with Crippen LogP contribution in [0.3, 0.4) is 0 Å². The summed E-state index contributed by atoms with van der Waals surface area (Å²) in [6.07, 6.45) is 31.0. The Hall–Kier alpha value is -0.860. The predicted octanol–water partition coefficient (Wildman–Crippen LogP) is 11.1. The lowest BCUT2D eigenvalue weighted by Gasteiger charge is -2.14. The summed E-state index contributed by atoms with van der Waals surface area (Å²) >= 11 is 0. The van der Waals surface area contributed by atoms with Crippen LogP contribution < -0.4 is 0 Å². The number of unbranched alkanes of at least 4 members (excludes halogenated alkanes) is 20. The lowest BCUT2D eigenvalue weighted by Crippen LogP contribution is -2.18. The minimum absolute atomic E-state index is 0.0215. The van der Waals surface area contributed by atoms with Gasteiger partial charge in [-0.25, -0.2) is 0 Å².